The van der Waals surface area contributed by atoms with Gasteiger partial charge in [-0.05, 0) is 19.4 Å². The SMILES string of the molecule is Cc1nc(C(C)C)sc1C(=O)N(Cc1ccccc1)C(C)CN1CCOCC1. The maximum absolute atomic E-state index is 13.5. The second kappa shape index (κ2) is 9.63. The van der Waals surface area contributed by atoms with E-state index < -0.39 is 0 Å². The molecule has 0 aliphatic carbocycles. The van der Waals surface area contributed by atoms with Gasteiger partial charge in [0.1, 0.15) is 4.88 Å². The van der Waals surface area contributed by atoms with Gasteiger partial charge in [0.25, 0.3) is 5.91 Å². The van der Waals surface area contributed by atoms with Crippen LogP contribution in [0.2, 0.25) is 0 Å². The molecule has 1 aliphatic heterocycles. The highest BCUT2D eigenvalue weighted by Gasteiger charge is 2.27. The average molecular weight is 402 g/mol. The standard InChI is InChI=1S/C22H31N3O2S/c1-16(2)21-23-18(4)20(28-21)22(26)25(15-19-8-6-5-7-9-19)17(3)14-24-10-12-27-13-11-24/h5-9,16-17H,10-15H2,1-4H3. The third kappa shape index (κ3) is 5.19. The first-order valence-corrected chi connectivity index (χ1v) is 10.9. The number of nitrogens with zero attached hydrogens (tertiary/aromatic N) is 3. The molecule has 3 rings (SSSR count). The molecule has 1 unspecified atom stereocenters. The van der Waals surface area contributed by atoms with E-state index in [1.807, 2.05) is 30.0 Å². The highest BCUT2D eigenvalue weighted by atomic mass is 32.1. The van der Waals surface area contributed by atoms with E-state index in [-0.39, 0.29) is 11.9 Å². The molecule has 1 saturated heterocycles. The molecule has 1 amide bonds. The van der Waals surface area contributed by atoms with E-state index in [0.29, 0.717) is 12.5 Å². The van der Waals surface area contributed by atoms with Crippen LogP contribution < -0.4 is 0 Å². The van der Waals surface area contributed by atoms with E-state index in [0.717, 1.165) is 54.0 Å². The lowest BCUT2D eigenvalue weighted by molar-refractivity contribution is 0.0229. The van der Waals surface area contributed by atoms with Gasteiger partial charge in [-0.2, -0.15) is 0 Å². The minimum Gasteiger partial charge on any atom is -0.379 e. The fourth-order valence-corrected chi connectivity index (χ4v) is 4.48. The topological polar surface area (TPSA) is 45.7 Å². The molecule has 2 heterocycles. The molecule has 0 N–H and O–H groups in total. The van der Waals surface area contributed by atoms with Gasteiger partial charge in [-0.15, -0.1) is 11.3 Å². The Bertz CT molecular complexity index is 769. The number of amides is 1. The van der Waals surface area contributed by atoms with Crippen molar-refractivity contribution in [3.63, 3.8) is 0 Å². The number of carbonyl (C=O) groups excluding carboxylic acids is 1. The minimum absolute atomic E-state index is 0.0894. The summed E-state index contributed by atoms with van der Waals surface area (Å²) in [5, 5.41) is 1.03. The zero-order valence-electron chi connectivity index (χ0n) is 17.4. The molecule has 1 atom stereocenters. The summed E-state index contributed by atoms with van der Waals surface area (Å²) in [6, 6.07) is 10.3. The van der Waals surface area contributed by atoms with E-state index in [2.05, 4.69) is 42.8 Å². The van der Waals surface area contributed by atoms with Gasteiger partial charge in [-0.1, -0.05) is 44.2 Å². The first kappa shape index (κ1) is 21.0. The van der Waals surface area contributed by atoms with E-state index in [1.54, 1.807) is 11.3 Å². The van der Waals surface area contributed by atoms with Crippen LogP contribution in [0.1, 0.15) is 52.6 Å². The highest BCUT2D eigenvalue weighted by molar-refractivity contribution is 7.13. The highest BCUT2D eigenvalue weighted by Crippen LogP contribution is 2.27. The number of hydrogen-bond acceptors (Lipinski definition) is 5. The number of benzene rings is 1. The predicted molar refractivity (Wildman–Crippen MR) is 114 cm³/mol. The van der Waals surface area contributed by atoms with Crippen LogP contribution in [0.3, 0.4) is 0 Å². The van der Waals surface area contributed by atoms with Crippen LogP contribution in [-0.2, 0) is 11.3 Å². The summed E-state index contributed by atoms with van der Waals surface area (Å²) in [5.74, 6) is 0.421. The molecule has 0 spiro atoms. The summed E-state index contributed by atoms with van der Waals surface area (Å²) in [7, 11) is 0. The van der Waals surface area contributed by atoms with Gasteiger partial charge in [0.2, 0.25) is 0 Å². The molecule has 2 aromatic rings. The van der Waals surface area contributed by atoms with Gasteiger partial charge in [0.15, 0.2) is 0 Å². The lowest BCUT2D eigenvalue weighted by Crippen LogP contribution is -2.47. The van der Waals surface area contributed by atoms with Crippen LogP contribution in [0.5, 0.6) is 0 Å². The van der Waals surface area contributed by atoms with Crippen LogP contribution in [0.25, 0.3) is 0 Å². The molecule has 152 valence electrons. The van der Waals surface area contributed by atoms with Gasteiger partial charge in [-0.25, -0.2) is 4.98 Å². The largest absolute Gasteiger partial charge is 0.379 e. The second-order valence-corrected chi connectivity index (χ2v) is 8.83. The van der Waals surface area contributed by atoms with E-state index in [9.17, 15) is 4.79 Å². The number of aryl methyl sites for hydroxylation is 1. The Kier molecular flexibility index (Phi) is 7.21. The molecule has 0 radical (unpaired) electrons. The molecule has 0 bridgehead atoms. The number of ether oxygens (including phenoxy) is 1. The molecule has 6 heteroatoms. The van der Waals surface area contributed by atoms with Gasteiger partial charge in [-0.3, -0.25) is 9.69 Å². The fraction of sp³-hybridized carbons (Fsp3) is 0.545. The van der Waals surface area contributed by atoms with Crippen molar-refractivity contribution in [1.82, 2.24) is 14.8 Å². The van der Waals surface area contributed by atoms with E-state index >= 15 is 0 Å². The van der Waals surface area contributed by atoms with Gasteiger partial charge >= 0.3 is 0 Å². The number of hydrogen-bond donors (Lipinski definition) is 0. The molecule has 28 heavy (non-hydrogen) atoms. The fourth-order valence-electron chi connectivity index (χ4n) is 3.46. The lowest BCUT2D eigenvalue weighted by atomic mass is 10.1. The zero-order chi connectivity index (χ0) is 20.1. The van der Waals surface area contributed by atoms with Crippen molar-refractivity contribution >= 4 is 17.2 Å². The third-order valence-corrected chi connectivity index (χ3v) is 6.56. The van der Waals surface area contributed by atoms with Crippen LogP contribution in [0.4, 0.5) is 0 Å². The number of thiazole rings is 1. The smallest absolute Gasteiger partial charge is 0.266 e. The predicted octanol–water partition coefficient (Wildman–Crippen LogP) is 3.94. The Morgan fingerprint density at radius 3 is 2.50 bits per heavy atom. The average Bonchev–Trinajstić information content (AvgIpc) is 3.09. The number of aromatic nitrogens is 1. The minimum atomic E-state index is 0.0894. The maximum Gasteiger partial charge on any atom is 0.266 e. The van der Waals surface area contributed by atoms with Crippen molar-refractivity contribution in [2.75, 3.05) is 32.8 Å². The van der Waals surface area contributed by atoms with Crippen molar-refractivity contribution < 1.29 is 9.53 Å². The van der Waals surface area contributed by atoms with Crippen LogP contribution in [0.15, 0.2) is 30.3 Å². The Morgan fingerprint density at radius 2 is 1.89 bits per heavy atom. The second-order valence-electron chi connectivity index (χ2n) is 7.80. The summed E-state index contributed by atoms with van der Waals surface area (Å²) in [5.41, 5.74) is 1.99. The quantitative estimate of drug-likeness (QED) is 0.705. The number of carbonyl (C=O) groups is 1. The van der Waals surface area contributed by atoms with Gasteiger partial charge in [0, 0.05) is 38.1 Å². The molecular formula is C22H31N3O2S. The van der Waals surface area contributed by atoms with Crippen molar-refractivity contribution in [2.24, 2.45) is 0 Å². The third-order valence-electron chi connectivity index (χ3n) is 5.12. The van der Waals surface area contributed by atoms with Crippen LogP contribution in [-0.4, -0.2) is 59.6 Å². The summed E-state index contributed by atoms with van der Waals surface area (Å²) < 4.78 is 5.47. The van der Waals surface area contributed by atoms with Crippen molar-refractivity contribution in [3.05, 3.63) is 51.5 Å². The van der Waals surface area contributed by atoms with Crippen LogP contribution in [0, 0.1) is 6.92 Å². The molecular weight excluding hydrogens is 370 g/mol. The Labute approximate surface area is 172 Å². The molecule has 5 nitrogen and oxygen atoms in total. The molecule has 1 aromatic heterocycles. The monoisotopic (exact) mass is 401 g/mol. The first-order chi connectivity index (χ1) is 13.5. The summed E-state index contributed by atoms with van der Waals surface area (Å²) >= 11 is 1.54. The maximum atomic E-state index is 13.5. The lowest BCUT2D eigenvalue weighted by Gasteiger charge is -2.35. The van der Waals surface area contributed by atoms with E-state index in [4.69, 9.17) is 4.74 Å². The Hall–Kier alpha value is -1.76. The Morgan fingerprint density at radius 1 is 1.21 bits per heavy atom. The first-order valence-electron chi connectivity index (χ1n) is 10.1. The normalized spacial score (nSPS) is 16.3. The molecule has 0 saturated carbocycles. The zero-order valence-corrected chi connectivity index (χ0v) is 18.2. The van der Waals surface area contributed by atoms with Crippen LogP contribution >= 0.6 is 11.3 Å². The van der Waals surface area contributed by atoms with Gasteiger partial charge < -0.3 is 9.64 Å². The molecule has 1 fully saturated rings. The van der Waals surface area contributed by atoms with Crippen molar-refractivity contribution in [2.45, 2.75) is 46.2 Å². The van der Waals surface area contributed by atoms with Crippen molar-refractivity contribution in [1.29, 1.82) is 0 Å². The number of morpholine rings is 1. The van der Waals surface area contributed by atoms with Gasteiger partial charge in [0.05, 0.1) is 23.9 Å². The number of rotatable bonds is 7. The Balaban J connectivity index is 1.83. The summed E-state index contributed by atoms with van der Waals surface area (Å²) in [6.45, 7) is 13.2. The van der Waals surface area contributed by atoms with Crippen molar-refractivity contribution in [3.8, 4) is 0 Å². The van der Waals surface area contributed by atoms with E-state index in [1.165, 1.54) is 0 Å². The summed E-state index contributed by atoms with van der Waals surface area (Å²) in [4.78, 5) is 23.4. The molecule has 1 aromatic carbocycles. The molecule has 1 aliphatic rings. The summed E-state index contributed by atoms with van der Waals surface area (Å²) in [6.07, 6.45) is 0.